The zero-order valence-corrected chi connectivity index (χ0v) is 8.92. The number of amides is 1. The molecule has 0 aromatic carbocycles. The first-order valence-electron chi connectivity index (χ1n) is 5.05. The maximum absolute atomic E-state index is 12.0. The van der Waals surface area contributed by atoms with Gasteiger partial charge in [0.1, 0.15) is 0 Å². The summed E-state index contributed by atoms with van der Waals surface area (Å²) in [6.07, 6.45) is 2.21. The van der Waals surface area contributed by atoms with Crippen LogP contribution in [0.4, 0.5) is 0 Å². The van der Waals surface area contributed by atoms with E-state index in [4.69, 9.17) is 5.11 Å². The van der Waals surface area contributed by atoms with Gasteiger partial charge in [-0.05, 0) is 12.8 Å². The van der Waals surface area contributed by atoms with Crippen LogP contribution in [0.15, 0.2) is 0 Å². The van der Waals surface area contributed by atoms with Gasteiger partial charge in [-0.15, -0.1) is 11.8 Å². The van der Waals surface area contributed by atoms with Gasteiger partial charge in [0.2, 0.25) is 5.91 Å². The molecule has 1 saturated carbocycles. The average molecular weight is 216 g/mol. The molecule has 80 valence electrons. The van der Waals surface area contributed by atoms with E-state index in [9.17, 15) is 4.79 Å². The Bertz CT molecular complexity index is 215. The van der Waals surface area contributed by atoms with Crippen LogP contribution in [0.1, 0.15) is 12.8 Å². The number of aliphatic hydroxyl groups excluding tert-OH is 1. The lowest BCUT2D eigenvalue weighted by Crippen LogP contribution is -2.47. The molecule has 1 aliphatic carbocycles. The Morgan fingerprint density at radius 2 is 2.36 bits per heavy atom. The Kier molecular flexibility index (Phi) is 3.30. The van der Waals surface area contributed by atoms with Crippen LogP contribution >= 0.6 is 11.8 Å². The zero-order valence-electron chi connectivity index (χ0n) is 8.11. The predicted octanol–water partition coefficient (Wildman–Crippen LogP) is -0.368. The first kappa shape index (κ1) is 10.3. The molecule has 1 aliphatic heterocycles. The average Bonchev–Trinajstić information content (AvgIpc) is 2.88. The van der Waals surface area contributed by atoms with Crippen molar-refractivity contribution in [2.45, 2.75) is 24.9 Å². The van der Waals surface area contributed by atoms with Crippen LogP contribution in [-0.2, 0) is 4.79 Å². The lowest BCUT2D eigenvalue weighted by Gasteiger charge is -2.24. The molecule has 1 atom stereocenters. The molecule has 4 nitrogen and oxygen atoms in total. The van der Waals surface area contributed by atoms with E-state index in [1.54, 1.807) is 11.8 Å². The summed E-state index contributed by atoms with van der Waals surface area (Å²) in [7, 11) is 0. The smallest absolute Gasteiger partial charge is 0.240 e. The normalized spacial score (nSPS) is 26.5. The fourth-order valence-corrected chi connectivity index (χ4v) is 2.65. The number of nitrogens with one attached hydrogen (secondary N) is 1. The summed E-state index contributed by atoms with van der Waals surface area (Å²) in [5, 5.41) is 12.1. The van der Waals surface area contributed by atoms with E-state index in [1.165, 1.54) is 0 Å². The minimum atomic E-state index is -0.0212. The summed E-state index contributed by atoms with van der Waals surface area (Å²) in [4.78, 5) is 13.8. The fourth-order valence-electron chi connectivity index (χ4n) is 1.72. The number of aliphatic hydroxyl groups is 1. The maximum Gasteiger partial charge on any atom is 0.240 e. The second kappa shape index (κ2) is 4.51. The van der Waals surface area contributed by atoms with Gasteiger partial charge in [-0.2, -0.15) is 0 Å². The molecule has 0 aromatic heterocycles. The number of carbonyl (C=O) groups excluding carboxylic acids is 1. The molecular weight excluding hydrogens is 200 g/mol. The highest BCUT2D eigenvalue weighted by Gasteiger charge is 2.36. The van der Waals surface area contributed by atoms with Gasteiger partial charge in [-0.25, -0.2) is 0 Å². The van der Waals surface area contributed by atoms with Gasteiger partial charge in [0.25, 0.3) is 0 Å². The van der Waals surface area contributed by atoms with E-state index in [2.05, 4.69) is 5.32 Å². The molecule has 0 aromatic rings. The Morgan fingerprint density at radius 1 is 1.57 bits per heavy atom. The standard InChI is InChI=1S/C9H16N2O2S/c12-4-3-11(7-1-2-7)9(13)8-5-14-6-10-8/h7-8,10,12H,1-6H2. The van der Waals surface area contributed by atoms with E-state index >= 15 is 0 Å². The summed E-state index contributed by atoms with van der Waals surface area (Å²) < 4.78 is 0. The van der Waals surface area contributed by atoms with Crippen molar-refractivity contribution >= 4 is 17.7 Å². The van der Waals surface area contributed by atoms with Crippen molar-refractivity contribution in [2.75, 3.05) is 24.8 Å². The molecule has 2 N–H and O–H groups in total. The summed E-state index contributed by atoms with van der Waals surface area (Å²) in [6, 6.07) is 0.384. The molecule has 0 radical (unpaired) electrons. The largest absolute Gasteiger partial charge is 0.395 e. The summed E-state index contributed by atoms with van der Waals surface area (Å²) >= 11 is 1.76. The summed E-state index contributed by atoms with van der Waals surface area (Å²) in [5.41, 5.74) is 0. The van der Waals surface area contributed by atoms with Gasteiger partial charge in [-0.3, -0.25) is 10.1 Å². The van der Waals surface area contributed by atoms with Crippen LogP contribution in [0, 0.1) is 0 Å². The first-order valence-corrected chi connectivity index (χ1v) is 6.21. The highest BCUT2D eigenvalue weighted by molar-refractivity contribution is 7.99. The monoisotopic (exact) mass is 216 g/mol. The van der Waals surface area contributed by atoms with Crippen molar-refractivity contribution in [2.24, 2.45) is 0 Å². The molecule has 5 heteroatoms. The number of nitrogens with zero attached hydrogens (tertiary/aromatic N) is 1. The van der Waals surface area contributed by atoms with Gasteiger partial charge in [0, 0.05) is 24.2 Å². The molecule has 2 fully saturated rings. The number of hydrogen-bond donors (Lipinski definition) is 2. The van der Waals surface area contributed by atoms with Crippen molar-refractivity contribution in [3.8, 4) is 0 Å². The zero-order chi connectivity index (χ0) is 9.97. The van der Waals surface area contributed by atoms with Gasteiger partial charge < -0.3 is 10.0 Å². The molecule has 14 heavy (non-hydrogen) atoms. The lowest BCUT2D eigenvalue weighted by atomic mass is 10.3. The van der Waals surface area contributed by atoms with Crippen molar-refractivity contribution < 1.29 is 9.90 Å². The maximum atomic E-state index is 12.0. The lowest BCUT2D eigenvalue weighted by molar-refractivity contribution is -0.133. The molecule has 0 spiro atoms. The molecule has 1 unspecified atom stereocenters. The number of carbonyl (C=O) groups is 1. The van der Waals surface area contributed by atoms with Crippen molar-refractivity contribution in [3.63, 3.8) is 0 Å². The fraction of sp³-hybridized carbons (Fsp3) is 0.889. The Labute approximate surface area is 88.0 Å². The Morgan fingerprint density at radius 3 is 2.86 bits per heavy atom. The van der Waals surface area contributed by atoms with Crippen LogP contribution < -0.4 is 5.32 Å². The number of thioether (sulfide) groups is 1. The molecule has 2 rings (SSSR count). The number of hydrogen-bond acceptors (Lipinski definition) is 4. The van der Waals surface area contributed by atoms with Gasteiger partial charge in [0.15, 0.2) is 0 Å². The molecular formula is C9H16N2O2S. The van der Waals surface area contributed by atoms with E-state index in [0.29, 0.717) is 12.6 Å². The van der Waals surface area contributed by atoms with Gasteiger partial charge in [0.05, 0.1) is 12.6 Å². The summed E-state index contributed by atoms with van der Waals surface area (Å²) in [6.45, 7) is 0.564. The van der Waals surface area contributed by atoms with E-state index < -0.39 is 0 Å². The predicted molar refractivity (Wildman–Crippen MR) is 56.1 cm³/mol. The molecule has 1 amide bonds. The van der Waals surface area contributed by atoms with Crippen LogP contribution in [0.25, 0.3) is 0 Å². The van der Waals surface area contributed by atoms with Crippen molar-refractivity contribution in [3.05, 3.63) is 0 Å². The van der Waals surface area contributed by atoms with Crippen molar-refractivity contribution in [1.29, 1.82) is 0 Å². The van der Waals surface area contributed by atoms with Crippen LogP contribution in [0.2, 0.25) is 0 Å². The van der Waals surface area contributed by atoms with Crippen LogP contribution in [0.5, 0.6) is 0 Å². The van der Waals surface area contributed by atoms with E-state index in [1.807, 2.05) is 4.90 Å². The molecule has 2 aliphatic rings. The minimum absolute atomic E-state index is 0.0212. The molecule has 1 heterocycles. The van der Waals surface area contributed by atoms with E-state index in [0.717, 1.165) is 24.5 Å². The third kappa shape index (κ3) is 2.21. The second-order valence-corrected chi connectivity index (χ2v) is 4.79. The van der Waals surface area contributed by atoms with Crippen LogP contribution in [0.3, 0.4) is 0 Å². The molecule has 0 bridgehead atoms. The first-order chi connectivity index (χ1) is 6.83. The minimum Gasteiger partial charge on any atom is -0.395 e. The Balaban J connectivity index is 1.91. The third-order valence-corrected chi connectivity index (χ3v) is 3.57. The highest BCUT2D eigenvalue weighted by Crippen LogP contribution is 2.27. The quantitative estimate of drug-likeness (QED) is 0.673. The number of rotatable bonds is 4. The van der Waals surface area contributed by atoms with Gasteiger partial charge >= 0.3 is 0 Å². The highest BCUT2D eigenvalue weighted by atomic mass is 32.2. The van der Waals surface area contributed by atoms with Crippen LogP contribution in [-0.4, -0.2) is 52.8 Å². The topological polar surface area (TPSA) is 52.6 Å². The third-order valence-electron chi connectivity index (χ3n) is 2.63. The Hall–Kier alpha value is -0.260. The van der Waals surface area contributed by atoms with E-state index in [-0.39, 0.29) is 18.6 Å². The van der Waals surface area contributed by atoms with Gasteiger partial charge in [-0.1, -0.05) is 0 Å². The molecule has 1 saturated heterocycles. The SMILES string of the molecule is O=C(C1CSCN1)N(CCO)C1CC1. The summed E-state index contributed by atoms with van der Waals surface area (Å²) in [5.74, 6) is 1.91. The van der Waals surface area contributed by atoms with Crippen molar-refractivity contribution in [1.82, 2.24) is 10.2 Å². The second-order valence-electron chi connectivity index (χ2n) is 3.76.